The summed E-state index contributed by atoms with van der Waals surface area (Å²) in [6, 6.07) is 4.74. The van der Waals surface area contributed by atoms with Crippen molar-refractivity contribution in [3.63, 3.8) is 0 Å². The molecule has 2 saturated heterocycles. The Morgan fingerprint density at radius 1 is 1.20 bits per heavy atom. The summed E-state index contributed by atoms with van der Waals surface area (Å²) in [5.41, 5.74) is 2.21. The maximum atomic E-state index is 12.5. The molecule has 3 aliphatic rings. The summed E-state index contributed by atoms with van der Waals surface area (Å²) in [5, 5.41) is 14.6. The van der Waals surface area contributed by atoms with Crippen LogP contribution in [0.3, 0.4) is 0 Å². The van der Waals surface area contributed by atoms with E-state index in [9.17, 15) is 14.9 Å². The minimum absolute atomic E-state index is 0.0400. The summed E-state index contributed by atoms with van der Waals surface area (Å²) in [6.45, 7) is 2.97. The quantitative estimate of drug-likeness (QED) is 0.434. The fourth-order valence-electron chi connectivity index (χ4n) is 4.52. The van der Waals surface area contributed by atoms with Gasteiger partial charge in [0, 0.05) is 44.1 Å². The summed E-state index contributed by atoms with van der Waals surface area (Å²) in [4.78, 5) is 25.8. The Balaban J connectivity index is 1.39. The minimum atomic E-state index is -0.529. The number of anilines is 1. The van der Waals surface area contributed by atoms with Crippen molar-refractivity contribution in [3.05, 3.63) is 45.5 Å². The highest BCUT2D eigenvalue weighted by atomic mass is 16.7. The summed E-state index contributed by atoms with van der Waals surface area (Å²) in [7, 11) is 0. The third-order valence-corrected chi connectivity index (χ3v) is 6.23. The highest BCUT2D eigenvalue weighted by molar-refractivity contribution is 5.95. The number of rotatable bonds is 6. The molecule has 30 heavy (non-hydrogen) atoms. The van der Waals surface area contributed by atoms with Crippen molar-refractivity contribution in [2.45, 2.75) is 50.7 Å². The largest absolute Gasteiger partial charge is 0.366 e. The lowest BCUT2D eigenvalue weighted by atomic mass is 9.97. The molecule has 0 radical (unpaired) electrons. The van der Waals surface area contributed by atoms with Gasteiger partial charge in [-0.15, -0.1) is 0 Å². The van der Waals surface area contributed by atoms with Gasteiger partial charge in [-0.2, -0.15) is 0 Å². The molecule has 8 heteroatoms. The van der Waals surface area contributed by atoms with E-state index in [0.717, 1.165) is 19.3 Å². The van der Waals surface area contributed by atoms with E-state index in [1.54, 1.807) is 12.1 Å². The molecular formula is C22H29N3O5. The Morgan fingerprint density at radius 3 is 2.63 bits per heavy atom. The van der Waals surface area contributed by atoms with Gasteiger partial charge in [0.25, 0.3) is 11.6 Å². The summed E-state index contributed by atoms with van der Waals surface area (Å²) in [5.74, 6) is -0.801. The van der Waals surface area contributed by atoms with Gasteiger partial charge < -0.3 is 19.7 Å². The molecule has 8 nitrogen and oxygen atoms in total. The molecule has 4 rings (SSSR count). The molecule has 2 fully saturated rings. The first-order valence-corrected chi connectivity index (χ1v) is 10.8. The average Bonchev–Trinajstić information content (AvgIpc) is 3.22. The molecule has 0 bridgehead atoms. The van der Waals surface area contributed by atoms with Crippen LogP contribution in [0.5, 0.6) is 0 Å². The number of piperidine rings is 1. The Kier molecular flexibility index (Phi) is 6.34. The van der Waals surface area contributed by atoms with E-state index in [2.05, 4.69) is 11.4 Å². The van der Waals surface area contributed by atoms with Gasteiger partial charge in [0.2, 0.25) is 0 Å². The van der Waals surface area contributed by atoms with Crippen LogP contribution in [0.25, 0.3) is 0 Å². The number of hydrogen-bond donors (Lipinski definition) is 1. The first-order valence-electron chi connectivity index (χ1n) is 10.8. The average molecular weight is 415 g/mol. The smallest absolute Gasteiger partial charge is 0.293 e. The number of benzene rings is 1. The molecule has 2 aliphatic heterocycles. The third-order valence-electron chi connectivity index (χ3n) is 6.23. The van der Waals surface area contributed by atoms with Crippen molar-refractivity contribution in [2.24, 2.45) is 0 Å². The van der Waals surface area contributed by atoms with Crippen LogP contribution in [-0.4, -0.2) is 49.5 Å². The summed E-state index contributed by atoms with van der Waals surface area (Å²) in [6.07, 6.45) is 9.11. The van der Waals surface area contributed by atoms with Crippen LogP contribution in [0, 0.1) is 10.1 Å². The number of carbonyl (C=O) groups is 1. The number of ether oxygens (including phenoxy) is 2. The predicted molar refractivity (Wildman–Crippen MR) is 113 cm³/mol. The van der Waals surface area contributed by atoms with Gasteiger partial charge in [-0.1, -0.05) is 11.6 Å². The van der Waals surface area contributed by atoms with Crippen LogP contribution >= 0.6 is 0 Å². The second-order valence-electron chi connectivity index (χ2n) is 8.17. The number of nitrogens with one attached hydrogen (secondary N) is 1. The highest BCUT2D eigenvalue weighted by Gasteiger charge is 2.40. The Morgan fingerprint density at radius 2 is 1.97 bits per heavy atom. The monoisotopic (exact) mass is 415 g/mol. The molecule has 1 amide bonds. The number of nitrogens with zero attached hydrogens (tertiary/aromatic N) is 2. The van der Waals surface area contributed by atoms with Crippen molar-refractivity contribution in [1.29, 1.82) is 0 Å². The molecule has 1 aromatic rings. The summed E-state index contributed by atoms with van der Waals surface area (Å²) < 4.78 is 11.5. The zero-order chi connectivity index (χ0) is 21.0. The van der Waals surface area contributed by atoms with Crippen LogP contribution in [0.2, 0.25) is 0 Å². The van der Waals surface area contributed by atoms with Crippen LogP contribution in [0.4, 0.5) is 11.4 Å². The molecule has 1 aliphatic carbocycles. The van der Waals surface area contributed by atoms with Crippen molar-refractivity contribution >= 4 is 17.3 Å². The van der Waals surface area contributed by atoms with E-state index in [1.807, 2.05) is 4.90 Å². The molecule has 1 N–H and O–H groups in total. The second kappa shape index (κ2) is 9.14. The van der Waals surface area contributed by atoms with E-state index in [4.69, 9.17) is 9.47 Å². The van der Waals surface area contributed by atoms with Gasteiger partial charge in [0.15, 0.2) is 5.79 Å². The van der Waals surface area contributed by atoms with E-state index in [1.165, 1.54) is 24.5 Å². The number of amides is 1. The first kappa shape index (κ1) is 20.8. The SMILES string of the molecule is O=C(NCCC1=CCCCC1)c1ccc(N2CCC3(CC2)OCCO3)c([N+](=O)[O-])c1. The molecule has 1 spiro atoms. The second-order valence-corrected chi connectivity index (χ2v) is 8.17. The highest BCUT2D eigenvalue weighted by Crippen LogP contribution is 2.36. The molecule has 0 unspecified atom stereocenters. The van der Waals surface area contributed by atoms with Gasteiger partial charge in [0.05, 0.1) is 18.1 Å². The third kappa shape index (κ3) is 4.65. The number of hydrogen-bond acceptors (Lipinski definition) is 6. The van der Waals surface area contributed by atoms with E-state index < -0.39 is 10.7 Å². The lowest BCUT2D eigenvalue weighted by molar-refractivity contribution is -0.384. The van der Waals surface area contributed by atoms with E-state index in [-0.39, 0.29) is 11.6 Å². The number of nitro benzene ring substituents is 1. The van der Waals surface area contributed by atoms with Crippen LogP contribution in [0.15, 0.2) is 29.8 Å². The molecule has 0 saturated carbocycles. The van der Waals surface area contributed by atoms with Crippen molar-refractivity contribution in [1.82, 2.24) is 5.32 Å². The summed E-state index contributed by atoms with van der Waals surface area (Å²) >= 11 is 0. The van der Waals surface area contributed by atoms with E-state index in [0.29, 0.717) is 56.9 Å². The fraction of sp³-hybridized carbons (Fsp3) is 0.591. The first-order chi connectivity index (χ1) is 14.6. The van der Waals surface area contributed by atoms with Gasteiger partial charge in [-0.25, -0.2) is 0 Å². The topological polar surface area (TPSA) is 93.9 Å². The van der Waals surface area contributed by atoms with Gasteiger partial charge >= 0.3 is 0 Å². The Labute approximate surface area is 176 Å². The van der Waals surface area contributed by atoms with Crippen molar-refractivity contribution in [3.8, 4) is 0 Å². The maximum absolute atomic E-state index is 12.5. The molecule has 2 heterocycles. The lowest BCUT2D eigenvalue weighted by Crippen LogP contribution is -2.45. The Bertz CT molecular complexity index is 822. The van der Waals surface area contributed by atoms with Gasteiger partial charge in [0.1, 0.15) is 5.69 Å². The van der Waals surface area contributed by atoms with Gasteiger partial charge in [-0.05, 0) is 44.2 Å². The van der Waals surface area contributed by atoms with Crippen LogP contribution in [0.1, 0.15) is 55.3 Å². The molecule has 0 atom stereocenters. The molecule has 0 aromatic heterocycles. The van der Waals surface area contributed by atoms with Crippen LogP contribution in [-0.2, 0) is 9.47 Å². The van der Waals surface area contributed by atoms with Gasteiger partial charge in [-0.3, -0.25) is 14.9 Å². The van der Waals surface area contributed by atoms with Crippen molar-refractivity contribution in [2.75, 3.05) is 37.7 Å². The zero-order valence-electron chi connectivity index (χ0n) is 17.2. The van der Waals surface area contributed by atoms with Crippen LogP contribution < -0.4 is 10.2 Å². The minimum Gasteiger partial charge on any atom is -0.366 e. The normalized spacial score (nSPS) is 20.8. The fourth-order valence-corrected chi connectivity index (χ4v) is 4.52. The Hall–Kier alpha value is -2.45. The molecular weight excluding hydrogens is 386 g/mol. The standard InChI is InChI=1S/C22H29N3O5/c26-21(23-11-8-17-4-2-1-3-5-17)18-6-7-19(20(16-18)25(27)28)24-12-9-22(10-13-24)29-14-15-30-22/h4,6-7,16H,1-3,5,8-15H2,(H,23,26). The van der Waals surface area contributed by atoms with Crippen molar-refractivity contribution < 1.29 is 19.2 Å². The number of allylic oxidation sites excluding steroid dienone is 1. The molecule has 162 valence electrons. The number of nitro groups is 1. The number of carbonyl (C=O) groups excluding carboxylic acids is 1. The maximum Gasteiger partial charge on any atom is 0.293 e. The predicted octanol–water partition coefficient (Wildman–Crippen LogP) is 3.56. The lowest BCUT2D eigenvalue weighted by Gasteiger charge is -2.38. The molecule has 1 aromatic carbocycles. The van der Waals surface area contributed by atoms with E-state index >= 15 is 0 Å². The zero-order valence-corrected chi connectivity index (χ0v) is 17.2.